The van der Waals surface area contributed by atoms with Gasteiger partial charge in [-0.2, -0.15) is 0 Å². The molecule has 1 amide bonds. The Bertz CT molecular complexity index is 233. The molecule has 0 aromatic heterocycles. The van der Waals surface area contributed by atoms with Crippen molar-refractivity contribution in [1.29, 1.82) is 0 Å². The summed E-state index contributed by atoms with van der Waals surface area (Å²) in [4.78, 5) is 14.3. The highest BCUT2D eigenvalue weighted by atomic mass is 28.1. The highest BCUT2D eigenvalue weighted by molar-refractivity contribution is 6.27. The zero-order chi connectivity index (χ0) is 10.7. The van der Waals surface area contributed by atoms with Crippen molar-refractivity contribution in [1.82, 2.24) is 4.90 Å². The SMILES string of the molecule is O=C(N1CCCCC1)C1([SiH3])CCCCO1. The third kappa shape index (κ3) is 2.42. The predicted molar refractivity (Wildman–Crippen MR) is 62.9 cm³/mol. The summed E-state index contributed by atoms with van der Waals surface area (Å²) in [6.45, 7) is 2.68. The van der Waals surface area contributed by atoms with E-state index in [9.17, 15) is 4.79 Å². The summed E-state index contributed by atoms with van der Waals surface area (Å²) in [6.07, 6.45) is 6.85. The standard InChI is InChI=1S/C11H21NO2Si/c13-10(12-7-3-1-4-8-12)11(15)6-2-5-9-14-11/h1-9H2,15H3. The zero-order valence-corrected chi connectivity index (χ0v) is 11.6. The minimum Gasteiger partial charge on any atom is -0.370 e. The molecule has 4 heteroatoms. The summed E-state index contributed by atoms with van der Waals surface area (Å²) in [6, 6.07) is 0. The second kappa shape index (κ2) is 4.66. The van der Waals surface area contributed by atoms with Crippen LogP contribution in [-0.2, 0) is 9.53 Å². The molecule has 2 aliphatic heterocycles. The molecule has 0 bridgehead atoms. The average Bonchev–Trinajstić information content (AvgIpc) is 2.30. The van der Waals surface area contributed by atoms with Gasteiger partial charge in [0, 0.05) is 19.7 Å². The van der Waals surface area contributed by atoms with Gasteiger partial charge >= 0.3 is 0 Å². The second-order valence-corrected chi connectivity index (χ2v) is 6.50. The van der Waals surface area contributed by atoms with E-state index in [-0.39, 0.29) is 11.1 Å². The zero-order valence-electron chi connectivity index (χ0n) is 9.63. The summed E-state index contributed by atoms with van der Waals surface area (Å²) in [5, 5.41) is -0.379. The van der Waals surface area contributed by atoms with Crippen LogP contribution in [0.3, 0.4) is 0 Å². The average molecular weight is 227 g/mol. The molecule has 15 heavy (non-hydrogen) atoms. The van der Waals surface area contributed by atoms with Crippen LogP contribution in [0.2, 0.25) is 0 Å². The molecule has 1 unspecified atom stereocenters. The molecule has 1 atom stereocenters. The van der Waals surface area contributed by atoms with Gasteiger partial charge < -0.3 is 9.64 Å². The Labute approximate surface area is 94.6 Å². The molecule has 2 heterocycles. The summed E-state index contributed by atoms with van der Waals surface area (Å²) in [5.41, 5.74) is 0. The number of hydrogen-bond acceptors (Lipinski definition) is 2. The van der Waals surface area contributed by atoms with Crippen LogP contribution < -0.4 is 0 Å². The molecule has 2 saturated heterocycles. The Morgan fingerprint density at radius 1 is 1.13 bits per heavy atom. The van der Waals surface area contributed by atoms with Gasteiger partial charge in [-0.3, -0.25) is 4.79 Å². The van der Waals surface area contributed by atoms with Crippen molar-refractivity contribution < 1.29 is 9.53 Å². The summed E-state index contributed by atoms with van der Waals surface area (Å²) >= 11 is 0. The van der Waals surface area contributed by atoms with E-state index in [1.807, 2.05) is 4.90 Å². The third-order valence-corrected chi connectivity index (χ3v) is 4.78. The fourth-order valence-electron chi connectivity index (χ4n) is 2.53. The van der Waals surface area contributed by atoms with Gasteiger partial charge in [0.15, 0.2) is 0 Å². The van der Waals surface area contributed by atoms with Gasteiger partial charge in [-0.15, -0.1) is 0 Å². The van der Waals surface area contributed by atoms with Gasteiger partial charge in [-0.25, -0.2) is 0 Å². The maximum Gasteiger partial charge on any atom is 0.250 e. The van der Waals surface area contributed by atoms with Gasteiger partial charge in [-0.05, 0) is 38.5 Å². The molecule has 0 spiro atoms. The third-order valence-electron chi connectivity index (χ3n) is 3.56. The van der Waals surface area contributed by atoms with Crippen LogP contribution in [0.1, 0.15) is 38.5 Å². The molecular formula is C11H21NO2Si. The number of ether oxygens (including phenoxy) is 1. The van der Waals surface area contributed by atoms with Crippen LogP contribution in [-0.4, -0.2) is 46.0 Å². The molecule has 0 aliphatic carbocycles. The summed E-state index contributed by atoms with van der Waals surface area (Å²) in [5.74, 6) is 0.286. The Balaban J connectivity index is 1.98. The fourth-order valence-corrected chi connectivity index (χ4v) is 3.41. The maximum atomic E-state index is 12.3. The Kier molecular flexibility index (Phi) is 3.46. The Hall–Kier alpha value is -0.353. The minimum absolute atomic E-state index is 0.286. The highest BCUT2D eigenvalue weighted by Gasteiger charge is 2.38. The number of amides is 1. The quantitative estimate of drug-likeness (QED) is 0.602. The molecule has 0 saturated carbocycles. The number of piperidine rings is 1. The second-order valence-electron chi connectivity index (χ2n) is 4.89. The smallest absolute Gasteiger partial charge is 0.250 e. The van der Waals surface area contributed by atoms with Crippen molar-refractivity contribution in [3.63, 3.8) is 0 Å². The van der Waals surface area contributed by atoms with Gasteiger partial charge in [0.25, 0.3) is 0 Å². The molecule has 0 aromatic carbocycles. The first-order valence-corrected chi connectivity index (χ1v) is 7.16. The van der Waals surface area contributed by atoms with E-state index in [4.69, 9.17) is 4.74 Å². The monoisotopic (exact) mass is 227 g/mol. The molecule has 0 N–H and O–H groups in total. The van der Waals surface area contributed by atoms with Gasteiger partial charge in [-0.1, -0.05) is 0 Å². The van der Waals surface area contributed by atoms with Crippen molar-refractivity contribution in [3.8, 4) is 0 Å². The first-order chi connectivity index (χ1) is 7.22. The van der Waals surface area contributed by atoms with Crippen LogP contribution in [0.5, 0.6) is 0 Å². The van der Waals surface area contributed by atoms with E-state index >= 15 is 0 Å². The fraction of sp³-hybridized carbons (Fsp3) is 0.909. The predicted octanol–water partition coefficient (Wildman–Crippen LogP) is 0.261. The molecule has 0 aromatic rings. The molecule has 2 aliphatic rings. The van der Waals surface area contributed by atoms with E-state index < -0.39 is 0 Å². The van der Waals surface area contributed by atoms with E-state index in [0.29, 0.717) is 0 Å². The number of carbonyl (C=O) groups excluding carboxylic acids is 1. The van der Waals surface area contributed by atoms with Crippen LogP contribution >= 0.6 is 0 Å². The Morgan fingerprint density at radius 2 is 1.87 bits per heavy atom. The minimum atomic E-state index is -0.379. The van der Waals surface area contributed by atoms with Crippen molar-refractivity contribution in [2.45, 2.75) is 43.7 Å². The molecule has 2 rings (SSSR count). The molecule has 86 valence electrons. The van der Waals surface area contributed by atoms with Gasteiger partial charge in [0.2, 0.25) is 5.91 Å². The number of carbonyl (C=O) groups is 1. The van der Waals surface area contributed by atoms with Gasteiger partial charge in [0.05, 0.1) is 10.2 Å². The van der Waals surface area contributed by atoms with Crippen molar-refractivity contribution in [2.75, 3.05) is 19.7 Å². The largest absolute Gasteiger partial charge is 0.370 e. The summed E-state index contributed by atoms with van der Waals surface area (Å²) in [7, 11) is 0.834. The van der Waals surface area contributed by atoms with E-state index in [2.05, 4.69) is 0 Å². The molecule has 3 nitrogen and oxygen atoms in total. The lowest BCUT2D eigenvalue weighted by molar-refractivity contribution is -0.152. The topological polar surface area (TPSA) is 29.5 Å². The van der Waals surface area contributed by atoms with Crippen LogP contribution in [0.4, 0.5) is 0 Å². The van der Waals surface area contributed by atoms with E-state index in [1.54, 1.807) is 0 Å². The first kappa shape index (κ1) is 11.1. The van der Waals surface area contributed by atoms with Gasteiger partial charge in [0.1, 0.15) is 5.22 Å². The lowest BCUT2D eigenvalue weighted by Gasteiger charge is -2.38. The number of rotatable bonds is 1. The van der Waals surface area contributed by atoms with Crippen LogP contribution in [0, 0.1) is 0 Å². The van der Waals surface area contributed by atoms with Crippen molar-refractivity contribution in [2.24, 2.45) is 0 Å². The Morgan fingerprint density at radius 3 is 2.47 bits per heavy atom. The van der Waals surface area contributed by atoms with Crippen molar-refractivity contribution >= 4 is 16.1 Å². The lowest BCUT2D eigenvalue weighted by atomic mass is 10.0. The van der Waals surface area contributed by atoms with E-state index in [1.165, 1.54) is 19.3 Å². The van der Waals surface area contributed by atoms with Crippen molar-refractivity contribution in [3.05, 3.63) is 0 Å². The first-order valence-electron chi connectivity index (χ1n) is 6.16. The molecule has 0 radical (unpaired) electrons. The lowest BCUT2D eigenvalue weighted by Crippen LogP contribution is -2.54. The maximum absolute atomic E-state index is 12.3. The normalized spacial score (nSPS) is 32.9. The van der Waals surface area contributed by atoms with Crippen LogP contribution in [0.25, 0.3) is 0 Å². The highest BCUT2D eigenvalue weighted by Crippen LogP contribution is 2.25. The molecular weight excluding hydrogens is 206 g/mol. The number of hydrogen-bond donors (Lipinski definition) is 0. The molecule has 2 fully saturated rings. The number of nitrogens with zero attached hydrogens (tertiary/aromatic N) is 1. The number of likely N-dealkylation sites (tertiary alicyclic amines) is 1. The van der Waals surface area contributed by atoms with Crippen LogP contribution in [0.15, 0.2) is 0 Å². The van der Waals surface area contributed by atoms with E-state index in [0.717, 1.165) is 49.2 Å². The summed E-state index contributed by atoms with van der Waals surface area (Å²) < 4.78 is 5.75.